The fourth-order valence-corrected chi connectivity index (χ4v) is 6.66. The Hall–Kier alpha value is -3.50. The van der Waals surface area contributed by atoms with E-state index >= 15 is 0 Å². The Kier molecular flexibility index (Phi) is 37.5. The van der Waals surface area contributed by atoms with E-state index in [4.69, 9.17) is 23.5 Å². The molecule has 1 fully saturated rings. The molecule has 13 heteroatoms. The van der Waals surface area contributed by atoms with Crippen molar-refractivity contribution >= 4 is 16.4 Å². The zero-order valence-electron chi connectivity index (χ0n) is 38.5. The van der Waals surface area contributed by atoms with Gasteiger partial charge in [-0.3, -0.25) is 9.35 Å². The summed E-state index contributed by atoms with van der Waals surface area (Å²) < 4.78 is 59.0. The van der Waals surface area contributed by atoms with Crippen LogP contribution < -0.4 is 0 Å². The van der Waals surface area contributed by atoms with Crippen LogP contribution >= 0.6 is 0 Å². The van der Waals surface area contributed by atoms with E-state index in [1.54, 1.807) is 0 Å². The van der Waals surface area contributed by atoms with E-state index in [9.17, 15) is 28.5 Å². The number of unbranched alkanes of at least 4 members (excludes halogenated alkanes) is 5. The normalized spacial score (nSPS) is 20.9. The van der Waals surface area contributed by atoms with E-state index in [0.29, 0.717) is 13.0 Å². The molecule has 0 aliphatic carbocycles. The molecular formula is C51H80O12S. The minimum Gasteiger partial charge on any atom is -0.457 e. The highest BCUT2D eigenvalue weighted by molar-refractivity contribution is 7.80. The summed E-state index contributed by atoms with van der Waals surface area (Å²) in [6, 6.07) is 0. The van der Waals surface area contributed by atoms with Gasteiger partial charge in [-0.15, -0.1) is 0 Å². The van der Waals surface area contributed by atoms with Crippen molar-refractivity contribution in [2.24, 2.45) is 0 Å². The molecule has 12 nitrogen and oxygen atoms in total. The van der Waals surface area contributed by atoms with E-state index in [2.05, 4.69) is 140 Å². The van der Waals surface area contributed by atoms with Crippen molar-refractivity contribution in [3.63, 3.8) is 0 Å². The minimum atomic E-state index is -5.08. The van der Waals surface area contributed by atoms with Crippen LogP contribution in [0.3, 0.4) is 0 Å². The first-order chi connectivity index (χ1) is 31.1. The second-order valence-electron chi connectivity index (χ2n) is 15.2. The maximum atomic E-state index is 12.9. The third kappa shape index (κ3) is 33.9. The summed E-state index contributed by atoms with van der Waals surface area (Å²) in [5, 5.41) is 30.7. The van der Waals surface area contributed by atoms with Gasteiger partial charge in [0.2, 0.25) is 0 Å². The topological polar surface area (TPSA) is 178 Å². The number of allylic oxidation sites excluding steroid dienone is 20. The summed E-state index contributed by atoms with van der Waals surface area (Å²) in [6.45, 7) is 3.54. The molecule has 1 heterocycles. The second-order valence-corrected chi connectivity index (χ2v) is 16.3. The summed E-state index contributed by atoms with van der Waals surface area (Å²) >= 11 is 0. The fraction of sp³-hybridized carbons (Fsp3) is 0.588. The monoisotopic (exact) mass is 917 g/mol. The van der Waals surface area contributed by atoms with Gasteiger partial charge in [-0.2, -0.15) is 8.42 Å². The van der Waals surface area contributed by atoms with Crippen molar-refractivity contribution in [1.82, 2.24) is 0 Å². The molecule has 0 saturated carbocycles. The van der Waals surface area contributed by atoms with Gasteiger partial charge in [-0.05, 0) is 96.3 Å². The van der Waals surface area contributed by atoms with E-state index < -0.39 is 59.8 Å². The van der Waals surface area contributed by atoms with E-state index in [1.165, 1.54) is 0 Å². The SMILES string of the molecule is CC/C=C\C/C=C\C/C=C\C/C=C\C/C=C\C/C=C\CCCOCC(COC1OC(CO)C(O)C(OS(=O)(=O)O)C1O)OC(=O)CCCCCC/C=C\C/C=C\C/C=C\C/C=C\CC. The highest BCUT2D eigenvalue weighted by Gasteiger charge is 2.48. The van der Waals surface area contributed by atoms with Crippen LogP contribution in [0.25, 0.3) is 0 Å². The molecule has 0 amide bonds. The van der Waals surface area contributed by atoms with Crippen LogP contribution in [-0.2, 0) is 38.3 Å². The molecule has 1 aliphatic rings. The van der Waals surface area contributed by atoms with Crippen LogP contribution in [0.15, 0.2) is 122 Å². The van der Waals surface area contributed by atoms with Gasteiger partial charge < -0.3 is 34.3 Å². The summed E-state index contributed by atoms with van der Waals surface area (Å²) in [5.41, 5.74) is 0. The second kappa shape index (κ2) is 41.0. The molecule has 4 N–H and O–H groups in total. The predicted molar refractivity (Wildman–Crippen MR) is 257 cm³/mol. The molecule has 64 heavy (non-hydrogen) atoms. The molecule has 0 radical (unpaired) electrons. The number of aliphatic hydroxyl groups excluding tert-OH is 3. The smallest absolute Gasteiger partial charge is 0.397 e. The number of hydrogen-bond acceptors (Lipinski definition) is 11. The van der Waals surface area contributed by atoms with Crippen LogP contribution in [0.4, 0.5) is 0 Å². The molecule has 1 saturated heterocycles. The molecule has 1 rings (SSSR count). The highest BCUT2D eigenvalue weighted by Crippen LogP contribution is 2.26. The molecular weight excluding hydrogens is 837 g/mol. The largest absolute Gasteiger partial charge is 0.457 e. The maximum absolute atomic E-state index is 12.9. The molecule has 6 atom stereocenters. The van der Waals surface area contributed by atoms with Gasteiger partial charge in [0.25, 0.3) is 0 Å². The van der Waals surface area contributed by atoms with Crippen molar-refractivity contribution in [2.45, 2.75) is 166 Å². The van der Waals surface area contributed by atoms with Gasteiger partial charge in [0.1, 0.15) is 30.5 Å². The van der Waals surface area contributed by atoms with Crippen LogP contribution in [0.1, 0.15) is 129 Å². The summed E-state index contributed by atoms with van der Waals surface area (Å²) in [7, 11) is -5.08. The zero-order valence-corrected chi connectivity index (χ0v) is 39.3. The first-order valence-electron chi connectivity index (χ1n) is 23.3. The average Bonchev–Trinajstić information content (AvgIpc) is 3.27. The Morgan fingerprint density at radius 1 is 0.594 bits per heavy atom. The Bertz CT molecular complexity index is 1570. The van der Waals surface area contributed by atoms with Crippen molar-refractivity contribution in [3.05, 3.63) is 122 Å². The molecule has 6 unspecified atom stereocenters. The Balaban J connectivity index is 2.50. The third-order valence-electron chi connectivity index (χ3n) is 9.58. The van der Waals surface area contributed by atoms with E-state index in [-0.39, 0.29) is 19.6 Å². The van der Waals surface area contributed by atoms with E-state index in [0.717, 1.165) is 103 Å². The van der Waals surface area contributed by atoms with Crippen molar-refractivity contribution in [1.29, 1.82) is 0 Å². The molecule has 362 valence electrons. The number of carbonyl (C=O) groups is 1. The molecule has 0 bridgehead atoms. The first kappa shape index (κ1) is 58.5. The Morgan fingerprint density at radius 2 is 1.03 bits per heavy atom. The predicted octanol–water partition coefficient (Wildman–Crippen LogP) is 10.2. The van der Waals surface area contributed by atoms with Crippen molar-refractivity contribution in [3.8, 4) is 0 Å². The van der Waals surface area contributed by atoms with Crippen LogP contribution in [0.2, 0.25) is 0 Å². The third-order valence-corrected chi connectivity index (χ3v) is 10.0. The molecule has 1 aliphatic heterocycles. The Labute approximate surface area is 385 Å². The Morgan fingerprint density at radius 3 is 1.48 bits per heavy atom. The maximum Gasteiger partial charge on any atom is 0.397 e. The standard InChI is InChI=1S/C51H80O12S/c1-3-5-7-9-11-13-15-17-19-21-22-23-25-27-29-31-33-35-37-39-41-59-43-45(44-60-51-49(55)50(63-64(56,57)58)48(54)46(42-52)62-51)61-47(53)40-38-36-34-32-30-28-26-24-20-18-16-14-12-10-8-6-4-2/h5-8,11-14,17-20,22-23,26-29,33,35,45-46,48-52,54-55H,3-4,9-10,15-16,21,24-25,30-32,34,36-44H2,1-2H3,(H,56,57,58)/b7-5-,8-6-,13-11-,14-12-,19-17-,20-18-,23-22-,28-26-,29-27-,35-33-. The van der Waals surface area contributed by atoms with Gasteiger partial charge in [-0.1, -0.05) is 148 Å². The molecule has 0 spiro atoms. The summed E-state index contributed by atoms with van der Waals surface area (Å²) in [5.74, 6) is -0.449. The number of esters is 1. The van der Waals surface area contributed by atoms with Crippen molar-refractivity contribution in [2.75, 3.05) is 26.4 Å². The first-order valence-corrected chi connectivity index (χ1v) is 24.7. The van der Waals surface area contributed by atoms with Crippen molar-refractivity contribution < 1.29 is 56.2 Å². The van der Waals surface area contributed by atoms with Gasteiger partial charge in [0.05, 0.1) is 19.8 Å². The molecule has 0 aromatic carbocycles. The number of carbonyl (C=O) groups excluding carboxylic acids is 1. The van der Waals surface area contributed by atoms with Crippen LogP contribution in [0.5, 0.6) is 0 Å². The number of ether oxygens (including phenoxy) is 4. The zero-order chi connectivity index (χ0) is 46.8. The fourth-order valence-electron chi connectivity index (χ4n) is 6.15. The number of hydrogen-bond donors (Lipinski definition) is 4. The molecule has 0 aromatic rings. The minimum absolute atomic E-state index is 0.0236. The van der Waals surface area contributed by atoms with Crippen LogP contribution in [-0.4, -0.2) is 97.5 Å². The van der Waals surface area contributed by atoms with Gasteiger partial charge in [0, 0.05) is 13.0 Å². The molecule has 0 aromatic heterocycles. The van der Waals surface area contributed by atoms with Gasteiger partial charge in [0.15, 0.2) is 6.29 Å². The lowest BCUT2D eigenvalue weighted by Crippen LogP contribution is -2.60. The lowest BCUT2D eigenvalue weighted by atomic mass is 9.99. The van der Waals surface area contributed by atoms with Gasteiger partial charge in [-0.25, -0.2) is 4.18 Å². The van der Waals surface area contributed by atoms with Crippen LogP contribution in [0, 0.1) is 0 Å². The average molecular weight is 917 g/mol. The lowest BCUT2D eigenvalue weighted by molar-refractivity contribution is -0.301. The highest BCUT2D eigenvalue weighted by atomic mass is 32.3. The summed E-state index contributed by atoms with van der Waals surface area (Å²) in [6.07, 6.45) is 49.5. The van der Waals surface area contributed by atoms with E-state index in [1.807, 2.05) is 0 Å². The number of rotatable bonds is 38. The lowest BCUT2D eigenvalue weighted by Gasteiger charge is -2.41. The summed E-state index contributed by atoms with van der Waals surface area (Å²) in [4.78, 5) is 12.9. The quantitative estimate of drug-likeness (QED) is 0.0200. The van der Waals surface area contributed by atoms with Gasteiger partial charge >= 0.3 is 16.4 Å². The number of aliphatic hydroxyl groups is 3.